The Morgan fingerprint density at radius 2 is 2.17 bits per heavy atom. The fourth-order valence-electron chi connectivity index (χ4n) is 2.42. The minimum Gasteiger partial charge on any atom is -0.305 e. The van der Waals surface area contributed by atoms with E-state index in [1.807, 2.05) is 45.5 Å². The molecule has 0 atom stereocenters. The number of aryl methyl sites for hydroxylation is 1. The van der Waals surface area contributed by atoms with E-state index in [-0.39, 0.29) is 5.91 Å². The fraction of sp³-hybridized carbons (Fsp3) is 0.471. The molecule has 0 unspecified atom stereocenters. The third kappa shape index (κ3) is 3.93. The van der Waals surface area contributed by atoms with Gasteiger partial charge in [-0.25, -0.2) is 4.98 Å². The summed E-state index contributed by atoms with van der Waals surface area (Å²) in [6.45, 7) is 6.06. The number of carbonyl (C=O) groups excluding carboxylic acids is 1. The number of aromatic nitrogens is 2. The van der Waals surface area contributed by atoms with Gasteiger partial charge in [-0.15, -0.1) is 0 Å². The summed E-state index contributed by atoms with van der Waals surface area (Å²) in [6, 6.07) is 3.90. The predicted molar refractivity (Wildman–Crippen MR) is 100 cm³/mol. The summed E-state index contributed by atoms with van der Waals surface area (Å²) in [5.41, 5.74) is 1.56. The summed E-state index contributed by atoms with van der Waals surface area (Å²) in [4.78, 5) is 23.5. The van der Waals surface area contributed by atoms with Gasteiger partial charge in [0.15, 0.2) is 0 Å². The van der Waals surface area contributed by atoms with Crippen LogP contribution in [0.4, 0.5) is 5.00 Å². The number of nitrogens with zero attached hydrogens (tertiary/aromatic N) is 3. The molecule has 0 saturated carbocycles. The molecular weight excluding hydrogens is 326 g/mol. The Bertz CT molecular complexity index is 668. The quantitative estimate of drug-likeness (QED) is 0.787. The molecule has 6 heteroatoms. The van der Waals surface area contributed by atoms with Crippen molar-refractivity contribution in [2.45, 2.75) is 27.2 Å². The molecule has 23 heavy (non-hydrogen) atoms. The van der Waals surface area contributed by atoms with Gasteiger partial charge in [0.1, 0.15) is 10.0 Å². The molecular formula is C17H23N3OS2. The summed E-state index contributed by atoms with van der Waals surface area (Å²) >= 11 is 3.25. The van der Waals surface area contributed by atoms with E-state index in [4.69, 9.17) is 4.98 Å². The van der Waals surface area contributed by atoms with Crippen LogP contribution >= 0.6 is 23.1 Å². The molecule has 2 aromatic rings. The van der Waals surface area contributed by atoms with Crippen LogP contribution in [-0.2, 0) is 11.2 Å². The van der Waals surface area contributed by atoms with E-state index in [1.165, 1.54) is 0 Å². The zero-order valence-corrected chi connectivity index (χ0v) is 15.9. The average Bonchev–Trinajstić information content (AvgIpc) is 2.98. The van der Waals surface area contributed by atoms with Crippen LogP contribution in [0, 0.1) is 5.41 Å². The summed E-state index contributed by atoms with van der Waals surface area (Å²) < 4.78 is 0. The lowest BCUT2D eigenvalue weighted by atomic mass is 9.94. The van der Waals surface area contributed by atoms with E-state index in [0.717, 1.165) is 33.4 Å². The molecule has 0 aromatic carbocycles. The van der Waals surface area contributed by atoms with Crippen molar-refractivity contribution in [1.82, 2.24) is 9.97 Å². The molecule has 0 aliphatic rings. The zero-order valence-electron chi connectivity index (χ0n) is 14.3. The van der Waals surface area contributed by atoms with Gasteiger partial charge in [-0.3, -0.25) is 9.78 Å². The first-order chi connectivity index (χ1) is 10.9. The van der Waals surface area contributed by atoms with Crippen molar-refractivity contribution in [2.75, 3.05) is 24.0 Å². The van der Waals surface area contributed by atoms with E-state index in [1.54, 1.807) is 34.2 Å². The van der Waals surface area contributed by atoms with Crippen LogP contribution in [0.3, 0.4) is 0 Å². The van der Waals surface area contributed by atoms with E-state index in [0.29, 0.717) is 0 Å². The smallest absolute Gasteiger partial charge is 0.233 e. The molecule has 0 saturated heterocycles. The lowest BCUT2D eigenvalue weighted by molar-refractivity contribution is -0.125. The lowest BCUT2D eigenvalue weighted by Gasteiger charge is -2.28. The Kier molecular flexibility index (Phi) is 5.81. The van der Waals surface area contributed by atoms with Crippen LogP contribution in [0.25, 0.3) is 10.6 Å². The van der Waals surface area contributed by atoms with Gasteiger partial charge < -0.3 is 4.90 Å². The summed E-state index contributed by atoms with van der Waals surface area (Å²) in [6.07, 6.45) is 6.38. The average molecular weight is 350 g/mol. The molecule has 2 heterocycles. The maximum atomic E-state index is 12.8. The molecule has 0 N–H and O–H groups in total. The number of amides is 1. The van der Waals surface area contributed by atoms with E-state index in [2.05, 4.69) is 11.9 Å². The Morgan fingerprint density at radius 1 is 1.43 bits per heavy atom. The number of rotatable bonds is 6. The van der Waals surface area contributed by atoms with Gasteiger partial charge in [0.25, 0.3) is 0 Å². The third-order valence-corrected chi connectivity index (χ3v) is 5.85. The van der Waals surface area contributed by atoms with E-state index >= 15 is 0 Å². The minimum absolute atomic E-state index is 0.128. The van der Waals surface area contributed by atoms with Crippen molar-refractivity contribution in [3.8, 4) is 10.6 Å². The number of hydrogen-bond acceptors (Lipinski definition) is 5. The molecule has 0 radical (unpaired) electrons. The molecule has 0 bridgehead atoms. The molecule has 0 aliphatic carbocycles. The largest absolute Gasteiger partial charge is 0.305 e. The molecule has 0 spiro atoms. The number of thioether (sulfide) groups is 1. The summed E-state index contributed by atoms with van der Waals surface area (Å²) in [7, 11) is 1.85. The Morgan fingerprint density at radius 3 is 2.74 bits per heavy atom. The van der Waals surface area contributed by atoms with Crippen LogP contribution in [0.1, 0.15) is 26.5 Å². The van der Waals surface area contributed by atoms with Crippen molar-refractivity contribution >= 4 is 34.0 Å². The number of pyridine rings is 1. The van der Waals surface area contributed by atoms with Crippen molar-refractivity contribution in [3.05, 3.63) is 30.2 Å². The number of thiazole rings is 1. The number of hydrogen-bond donors (Lipinski definition) is 0. The van der Waals surface area contributed by atoms with Crippen LogP contribution in [0.2, 0.25) is 0 Å². The van der Waals surface area contributed by atoms with E-state index in [9.17, 15) is 4.79 Å². The van der Waals surface area contributed by atoms with Crippen molar-refractivity contribution in [1.29, 1.82) is 0 Å². The van der Waals surface area contributed by atoms with Crippen molar-refractivity contribution in [2.24, 2.45) is 5.41 Å². The van der Waals surface area contributed by atoms with Crippen molar-refractivity contribution < 1.29 is 4.79 Å². The number of carbonyl (C=O) groups is 1. The molecule has 124 valence electrons. The van der Waals surface area contributed by atoms with Gasteiger partial charge in [0, 0.05) is 30.8 Å². The van der Waals surface area contributed by atoms with Gasteiger partial charge in [-0.2, -0.15) is 11.8 Å². The van der Waals surface area contributed by atoms with Crippen LogP contribution in [0.15, 0.2) is 24.5 Å². The first kappa shape index (κ1) is 17.9. The summed E-state index contributed by atoms with van der Waals surface area (Å²) in [5, 5.41) is 1.85. The van der Waals surface area contributed by atoms with Gasteiger partial charge >= 0.3 is 0 Å². The maximum absolute atomic E-state index is 12.8. The second-order valence-corrected chi connectivity index (χ2v) is 7.89. The second kappa shape index (κ2) is 7.45. The molecule has 0 fully saturated rings. The maximum Gasteiger partial charge on any atom is 0.233 e. The Hall–Kier alpha value is -1.40. The highest BCUT2D eigenvalue weighted by molar-refractivity contribution is 7.98. The van der Waals surface area contributed by atoms with E-state index < -0.39 is 5.41 Å². The second-order valence-electron chi connectivity index (χ2n) is 6.05. The summed E-state index contributed by atoms with van der Waals surface area (Å²) in [5.74, 6) is 0.925. The molecule has 2 aromatic heterocycles. The van der Waals surface area contributed by atoms with Gasteiger partial charge in [0.05, 0.1) is 11.1 Å². The topological polar surface area (TPSA) is 46.1 Å². The van der Waals surface area contributed by atoms with Crippen LogP contribution in [0.5, 0.6) is 0 Å². The van der Waals surface area contributed by atoms with Crippen LogP contribution in [-0.4, -0.2) is 34.9 Å². The standard InChI is InChI=1S/C17H23N3OS2/c1-6-13-15(20(4)16(21)17(2,3)11-22-5)23-14(19-13)12-8-7-9-18-10-12/h7-10H,6,11H2,1-5H3. The fourth-order valence-corrected chi connectivity index (χ4v) is 4.37. The predicted octanol–water partition coefficient (Wildman–Crippen LogP) is 4.12. The lowest BCUT2D eigenvalue weighted by Crippen LogP contribution is -2.40. The van der Waals surface area contributed by atoms with Crippen LogP contribution < -0.4 is 4.90 Å². The molecule has 4 nitrogen and oxygen atoms in total. The first-order valence-electron chi connectivity index (χ1n) is 7.58. The normalized spacial score (nSPS) is 11.5. The molecule has 1 amide bonds. The monoisotopic (exact) mass is 349 g/mol. The highest BCUT2D eigenvalue weighted by Gasteiger charge is 2.32. The Balaban J connectivity index is 2.35. The van der Waals surface area contributed by atoms with Gasteiger partial charge in [-0.1, -0.05) is 32.1 Å². The molecule has 2 rings (SSSR count). The Labute approximate surface area is 146 Å². The number of anilines is 1. The highest BCUT2D eigenvalue weighted by atomic mass is 32.2. The SMILES string of the molecule is CCc1nc(-c2cccnc2)sc1N(C)C(=O)C(C)(C)CSC. The molecule has 0 aliphatic heterocycles. The first-order valence-corrected chi connectivity index (χ1v) is 9.79. The third-order valence-electron chi connectivity index (χ3n) is 3.61. The van der Waals surface area contributed by atoms with Gasteiger partial charge in [0.2, 0.25) is 5.91 Å². The van der Waals surface area contributed by atoms with Gasteiger partial charge in [-0.05, 0) is 24.8 Å². The van der Waals surface area contributed by atoms with Crippen molar-refractivity contribution in [3.63, 3.8) is 0 Å². The minimum atomic E-state index is -0.391. The highest BCUT2D eigenvalue weighted by Crippen LogP contribution is 2.36. The zero-order chi connectivity index (χ0) is 17.0.